The number of hydrogen-bond acceptors (Lipinski definition) is 2. The molecule has 0 aliphatic rings. The first-order chi connectivity index (χ1) is 6.49. The monoisotopic (exact) mass is 199 g/mol. The summed E-state index contributed by atoms with van der Waals surface area (Å²) in [4.78, 5) is 0. The van der Waals surface area contributed by atoms with Crippen molar-refractivity contribution in [3.8, 4) is 5.75 Å². The average molecular weight is 199 g/mol. The molecule has 0 heterocycles. The van der Waals surface area contributed by atoms with E-state index in [-0.39, 0.29) is 11.3 Å². The van der Waals surface area contributed by atoms with Crippen molar-refractivity contribution in [3.63, 3.8) is 0 Å². The molecule has 76 valence electrons. The highest BCUT2D eigenvalue weighted by molar-refractivity contribution is 5.76. The number of allylic oxidation sites excluding steroid dienone is 1. The van der Waals surface area contributed by atoms with Crippen molar-refractivity contribution >= 4 is 11.3 Å². The Morgan fingerprint density at radius 2 is 2.07 bits per heavy atom. The minimum atomic E-state index is -0.858. The minimum Gasteiger partial charge on any atom is -0.505 e. The third-order valence-electron chi connectivity index (χ3n) is 1.87. The molecule has 0 fully saturated rings. The van der Waals surface area contributed by atoms with Gasteiger partial charge in [0.25, 0.3) is 0 Å². The molecule has 0 spiro atoms. The van der Waals surface area contributed by atoms with Gasteiger partial charge in [0, 0.05) is 18.7 Å². The predicted molar refractivity (Wildman–Crippen MR) is 52.3 cm³/mol. The van der Waals surface area contributed by atoms with Crippen LogP contribution in [-0.4, -0.2) is 12.2 Å². The van der Waals surface area contributed by atoms with Crippen LogP contribution in [0.3, 0.4) is 0 Å². The maximum absolute atomic E-state index is 13.4. The lowest BCUT2D eigenvalue weighted by atomic mass is 10.0. The molecule has 0 amide bonds. The van der Waals surface area contributed by atoms with E-state index in [4.69, 9.17) is 5.11 Å². The molecular weight excluding hydrogens is 188 g/mol. The summed E-state index contributed by atoms with van der Waals surface area (Å²) in [6.45, 7) is 5.06. The Labute approximate surface area is 80.9 Å². The molecule has 1 aromatic rings. The topological polar surface area (TPSA) is 32.3 Å². The van der Waals surface area contributed by atoms with Crippen molar-refractivity contribution in [2.75, 3.05) is 12.4 Å². The fourth-order valence-electron chi connectivity index (χ4n) is 1.26. The first-order valence-corrected chi connectivity index (χ1v) is 4.03. The van der Waals surface area contributed by atoms with Gasteiger partial charge in [0.1, 0.15) is 0 Å². The van der Waals surface area contributed by atoms with Crippen LogP contribution in [0, 0.1) is 11.6 Å². The summed E-state index contributed by atoms with van der Waals surface area (Å²) >= 11 is 0. The standard InChI is InChI=1S/C10H11F2NO/c1-5(2)8-9(12)7(14)4-6(11)10(8)13-3/h4,13-14H,1H2,2-3H3. The van der Waals surface area contributed by atoms with Gasteiger partial charge in [-0.2, -0.15) is 0 Å². The predicted octanol–water partition coefficient (Wildman–Crippen LogP) is 2.75. The Morgan fingerprint density at radius 1 is 1.50 bits per heavy atom. The van der Waals surface area contributed by atoms with E-state index in [2.05, 4.69) is 11.9 Å². The zero-order valence-electron chi connectivity index (χ0n) is 7.99. The van der Waals surface area contributed by atoms with Crippen LogP contribution in [0.5, 0.6) is 5.75 Å². The van der Waals surface area contributed by atoms with Crippen LogP contribution in [0.1, 0.15) is 12.5 Å². The molecule has 4 heteroatoms. The molecule has 2 nitrogen and oxygen atoms in total. The lowest BCUT2D eigenvalue weighted by Gasteiger charge is -2.12. The number of nitrogens with one attached hydrogen (secondary N) is 1. The van der Waals surface area contributed by atoms with E-state index >= 15 is 0 Å². The van der Waals surface area contributed by atoms with Crippen LogP contribution in [0.25, 0.3) is 5.57 Å². The van der Waals surface area contributed by atoms with Gasteiger partial charge in [-0.3, -0.25) is 0 Å². The SMILES string of the molecule is C=C(C)c1c(F)c(O)cc(F)c1NC. The molecule has 0 saturated carbocycles. The van der Waals surface area contributed by atoms with Crippen LogP contribution in [0.2, 0.25) is 0 Å². The summed E-state index contributed by atoms with van der Waals surface area (Å²) < 4.78 is 26.6. The van der Waals surface area contributed by atoms with Crippen LogP contribution in [-0.2, 0) is 0 Å². The van der Waals surface area contributed by atoms with Gasteiger partial charge in [-0.1, -0.05) is 6.58 Å². The van der Waals surface area contributed by atoms with Crippen molar-refractivity contribution in [2.24, 2.45) is 0 Å². The van der Waals surface area contributed by atoms with E-state index in [9.17, 15) is 8.78 Å². The Kier molecular flexibility index (Phi) is 2.74. The zero-order valence-corrected chi connectivity index (χ0v) is 7.99. The van der Waals surface area contributed by atoms with E-state index < -0.39 is 17.4 Å². The fraction of sp³-hybridized carbons (Fsp3) is 0.200. The van der Waals surface area contributed by atoms with E-state index in [1.165, 1.54) is 14.0 Å². The molecule has 1 rings (SSSR count). The third kappa shape index (κ3) is 1.55. The lowest BCUT2D eigenvalue weighted by molar-refractivity contribution is 0.426. The molecule has 0 aliphatic heterocycles. The summed E-state index contributed by atoms with van der Waals surface area (Å²) in [6, 6.07) is 0.730. The molecule has 14 heavy (non-hydrogen) atoms. The molecular formula is C10H11F2NO. The first kappa shape index (κ1) is 10.5. The number of anilines is 1. The van der Waals surface area contributed by atoms with Gasteiger partial charge in [-0.25, -0.2) is 8.78 Å². The highest BCUT2D eigenvalue weighted by Gasteiger charge is 2.17. The van der Waals surface area contributed by atoms with Gasteiger partial charge in [-0.15, -0.1) is 0 Å². The molecule has 0 atom stereocenters. The summed E-state index contributed by atoms with van der Waals surface area (Å²) in [5.41, 5.74) is 0.333. The van der Waals surface area contributed by atoms with Crippen molar-refractivity contribution in [2.45, 2.75) is 6.92 Å². The molecule has 0 bridgehead atoms. The van der Waals surface area contributed by atoms with Crippen molar-refractivity contribution in [1.29, 1.82) is 0 Å². The maximum Gasteiger partial charge on any atom is 0.174 e. The molecule has 0 unspecified atom stereocenters. The van der Waals surface area contributed by atoms with E-state index in [1.807, 2.05) is 0 Å². The number of aromatic hydroxyl groups is 1. The van der Waals surface area contributed by atoms with Gasteiger partial charge < -0.3 is 10.4 Å². The van der Waals surface area contributed by atoms with Crippen LogP contribution in [0.15, 0.2) is 12.6 Å². The average Bonchev–Trinajstić information content (AvgIpc) is 2.10. The summed E-state index contributed by atoms with van der Waals surface area (Å²) in [6.07, 6.45) is 0. The van der Waals surface area contributed by atoms with Gasteiger partial charge in [-0.05, 0) is 12.5 Å². The molecule has 1 aromatic carbocycles. The van der Waals surface area contributed by atoms with Gasteiger partial charge >= 0.3 is 0 Å². The van der Waals surface area contributed by atoms with Crippen LogP contribution >= 0.6 is 0 Å². The van der Waals surface area contributed by atoms with Crippen LogP contribution < -0.4 is 5.32 Å². The van der Waals surface area contributed by atoms with E-state index in [0.717, 1.165) is 6.07 Å². The normalized spacial score (nSPS) is 10.0. The summed E-state index contributed by atoms with van der Waals surface area (Å²) in [7, 11) is 1.47. The maximum atomic E-state index is 13.4. The summed E-state index contributed by atoms with van der Waals surface area (Å²) in [5.74, 6) is -2.27. The lowest BCUT2D eigenvalue weighted by Crippen LogP contribution is -2.00. The number of halogens is 2. The molecule has 0 aliphatic carbocycles. The second kappa shape index (κ2) is 3.65. The zero-order chi connectivity index (χ0) is 10.9. The van der Waals surface area contributed by atoms with Crippen molar-refractivity contribution in [1.82, 2.24) is 0 Å². The van der Waals surface area contributed by atoms with Gasteiger partial charge in [0.2, 0.25) is 0 Å². The quantitative estimate of drug-likeness (QED) is 0.718. The molecule has 2 N–H and O–H groups in total. The van der Waals surface area contributed by atoms with Crippen LogP contribution in [0.4, 0.5) is 14.5 Å². The largest absolute Gasteiger partial charge is 0.505 e. The Hall–Kier alpha value is -1.58. The van der Waals surface area contributed by atoms with E-state index in [1.54, 1.807) is 0 Å². The first-order valence-electron chi connectivity index (χ1n) is 4.03. The Balaban J connectivity index is 3.56. The Bertz CT molecular complexity index is 388. The number of phenols is 1. The second-order valence-electron chi connectivity index (χ2n) is 2.97. The number of hydrogen-bond donors (Lipinski definition) is 2. The second-order valence-corrected chi connectivity index (χ2v) is 2.97. The number of phenolic OH excluding ortho intramolecular Hbond substituents is 1. The Morgan fingerprint density at radius 3 is 2.50 bits per heavy atom. The van der Waals surface area contributed by atoms with Crippen molar-refractivity contribution < 1.29 is 13.9 Å². The van der Waals surface area contributed by atoms with Gasteiger partial charge in [0.15, 0.2) is 17.4 Å². The molecule has 0 aromatic heterocycles. The molecule has 0 saturated heterocycles. The number of rotatable bonds is 2. The van der Waals surface area contributed by atoms with Gasteiger partial charge in [0.05, 0.1) is 5.69 Å². The highest BCUT2D eigenvalue weighted by Crippen LogP contribution is 2.33. The van der Waals surface area contributed by atoms with Crippen molar-refractivity contribution in [3.05, 3.63) is 29.8 Å². The summed E-state index contributed by atoms with van der Waals surface area (Å²) in [5, 5.41) is 11.6. The smallest absolute Gasteiger partial charge is 0.174 e. The molecule has 0 radical (unpaired) electrons. The highest BCUT2D eigenvalue weighted by atomic mass is 19.1. The third-order valence-corrected chi connectivity index (χ3v) is 1.87. The number of benzene rings is 1. The minimum absolute atomic E-state index is 0.00722. The fourth-order valence-corrected chi connectivity index (χ4v) is 1.26. The van der Waals surface area contributed by atoms with E-state index in [0.29, 0.717) is 5.57 Å².